The Morgan fingerprint density at radius 3 is 2.67 bits per heavy atom. The number of carbonyl (C=O) groups excluding carboxylic acids is 1. The first-order valence-electron chi connectivity index (χ1n) is 5.72. The van der Waals surface area contributed by atoms with Gasteiger partial charge in [-0.2, -0.15) is 0 Å². The molecule has 4 heteroatoms. The number of carbonyl (C=O) groups is 1. The number of hydrogen-bond donors (Lipinski definition) is 2. The van der Waals surface area contributed by atoms with Gasteiger partial charge in [-0.1, -0.05) is 6.92 Å². The van der Waals surface area contributed by atoms with Crippen LogP contribution < -0.4 is 10.6 Å². The molecular formula is C11H22N2O2. The van der Waals surface area contributed by atoms with Crippen LogP contribution in [-0.4, -0.2) is 31.8 Å². The monoisotopic (exact) mass is 214 g/mol. The van der Waals surface area contributed by atoms with E-state index in [4.69, 9.17) is 4.74 Å². The highest BCUT2D eigenvalue weighted by atomic mass is 16.5. The van der Waals surface area contributed by atoms with Gasteiger partial charge in [-0.25, -0.2) is 4.79 Å². The van der Waals surface area contributed by atoms with Gasteiger partial charge in [0.15, 0.2) is 0 Å². The summed E-state index contributed by atoms with van der Waals surface area (Å²) in [6.07, 6.45) is 2.29. The molecule has 1 unspecified atom stereocenters. The second kappa shape index (κ2) is 5.35. The molecule has 1 amide bonds. The summed E-state index contributed by atoms with van der Waals surface area (Å²) in [5.41, 5.74) is 0.490. The molecule has 2 N–H and O–H groups in total. The SMILES string of the molecule is CCOC(=O)NCCNC(C)C1(C)CC1. The molecule has 1 fully saturated rings. The maximum absolute atomic E-state index is 10.9. The zero-order valence-corrected chi connectivity index (χ0v) is 9.93. The van der Waals surface area contributed by atoms with Crippen molar-refractivity contribution < 1.29 is 9.53 Å². The van der Waals surface area contributed by atoms with Crippen LogP contribution >= 0.6 is 0 Å². The Labute approximate surface area is 91.8 Å². The van der Waals surface area contributed by atoms with Crippen molar-refractivity contribution in [3.8, 4) is 0 Å². The number of rotatable bonds is 6. The highest BCUT2D eigenvalue weighted by Crippen LogP contribution is 2.47. The van der Waals surface area contributed by atoms with Crippen molar-refractivity contribution in [3.05, 3.63) is 0 Å². The molecule has 0 radical (unpaired) electrons. The average Bonchev–Trinajstić information content (AvgIpc) is 2.93. The van der Waals surface area contributed by atoms with E-state index in [-0.39, 0.29) is 6.09 Å². The summed E-state index contributed by atoms with van der Waals surface area (Å²) in [7, 11) is 0. The Hall–Kier alpha value is -0.770. The first kappa shape index (κ1) is 12.3. The van der Waals surface area contributed by atoms with Crippen LogP contribution in [0.4, 0.5) is 4.79 Å². The smallest absolute Gasteiger partial charge is 0.407 e. The van der Waals surface area contributed by atoms with Crippen LogP contribution in [0, 0.1) is 5.41 Å². The van der Waals surface area contributed by atoms with E-state index in [2.05, 4.69) is 24.5 Å². The number of hydrogen-bond acceptors (Lipinski definition) is 3. The first-order valence-corrected chi connectivity index (χ1v) is 5.72. The minimum atomic E-state index is -0.329. The molecule has 0 saturated heterocycles. The number of nitrogens with one attached hydrogen (secondary N) is 2. The number of alkyl carbamates (subject to hydrolysis) is 1. The van der Waals surface area contributed by atoms with Crippen LogP contribution in [0.3, 0.4) is 0 Å². The third-order valence-electron chi connectivity index (χ3n) is 3.20. The van der Waals surface area contributed by atoms with E-state index in [0.29, 0.717) is 24.6 Å². The lowest BCUT2D eigenvalue weighted by atomic mass is 10.0. The van der Waals surface area contributed by atoms with Crippen LogP contribution in [0.15, 0.2) is 0 Å². The lowest BCUT2D eigenvalue weighted by Gasteiger charge is -2.20. The Morgan fingerprint density at radius 2 is 2.13 bits per heavy atom. The van der Waals surface area contributed by atoms with Gasteiger partial charge in [0.1, 0.15) is 0 Å². The molecule has 4 nitrogen and oxygen atoms in total. The van der Waals surface area contributed by atoms with Crippen LogP contribution in [0.5, 0.6) is 0 Å². The molecule has 1 atom stereocenters. The van der Waals surface area contributed by atoms with Gasteiger partial charge in [-0.05, 0) is 32.1 Å². The second-order valence-electron chi connectivity index (χ2n) is 4.48. The fourth-order valence-corrected chi connectivity index (χ4v) is 1.51. The van der Waals surface area contributed by atoms with E-state index >= 15 is 0 Å². The Bertz CT molecular complexity index is 215. The minimum Gasteiger partial charge on any atom is -0.450 e. The summed E-state index contributed by atoms with van der Waals surface area (Å²) in [5, 5.41) is 6.10. The summed E-state index contributed by atoms with van der Waals surface area (Å²) in [5.74, 6) is 0. The fraction of sp³-hybridized carbons (Fsp3) is 0.909. The molecule has 1 saturated carbocycles. The van der Waals surface area contributed by atoms with E-state index < -0.39 is 0 Å². The predicted molar refractivity (Wildman–Crippen MR) is 59.8 cm³/mol. The molecule has 0 bridgehead atoms. The second-order valence-corrected chi connectivity index (χ2v) is 4.48. The molecule has 0 aromatic heterocycles. The minimum absolute atomic E-state index is 0.329. The summed E-state index contributed by atoms with van der Waals surface area (Å²) in [6, 6.07) is 0.529. The Balaban J connectivity index is 1.99. The van der Waals surface area contributed by atoms with E-state index in [1.807, 2.05) is 0 Å². The predicted octanol–water partition coefficient (Wildman–Crippen LogP) is 1.51. The van der Waals surface area contributed by atoms with Gasteiger partial charge in [0.25, 0.3) is 0 Å². The Kier molecular flexibility index (Phi) is 4.39. The highest BCUT2D eigenvalue weighted by Gasteiger charge is 2.41. The van der Waals surface area contributed by atoms with Gasteiger partial charge in [-0.3, -0.25) is 0 Å². The van der Waals surface area contributed by atoms with E-state index in [0.717, 1.165) is 6.54 Å². The lowest BCUT2D eigenvalue weighted by molar-refractivity contribution is 0.152. The van der Waals surface area contributed by atoms with E-state index in [1.165, 1.54) is 12.8 Å². The summed E-state index contributed by atoms with van der Waals surface area (Å²) < 4.78 is 4.75. The summed E-state index contributed by atoms with van der Waals surface area (Å²) >= 11 is 0. The van der Waals surface area contributed by atoms with Gasteiger partial charge in [0.2, 0.25) is 0 Å². The van der Waals surface area contributed by atoms with E-state index in [1.54, 1.807) is 6.92 Å². The van der Waals surface area contributed by atoms with Crippen molar-refractivity contribution >= 4 is 6.09 Å². The Morgan fingerprint density at radius 1 is 1.47 bits per heavy atom. The maximum atomic E-state index is 10.9. The topological polar surface area (TPSA) is 50.4 Å². The quantitative estimate of drug-likeness (QED) is 0.659. The van der Waals surface area contributed by atoms with Crippen molar-refractivity contribution in [2.24, 2.45) is 5.41 Å². The standard InChI is InChI=1S/C11H22N2O2/c1-4-15-10(14)13-8-7-12-9(2)11(3)5-6-11/h9,12H,4-8H2,1-3H3,(H,13,14). The molecule has 1 aliphatic carbocycles. The number of ether oxygens (including phenoxy) is 1. The normalized spacial score (nSPS) is 19.4. The maximum Gasteiger partial charge on any atom is 0.407 e. The van der Waals surface area contributed by atoms with Gasteiger partial charge >= 0.3 is 6.09 Å². The average molecular weight is 214 g/mol. The summed E-state index contributed by atoms with van der Waals surface area (Å²) in [4.78, 5) is 10.9. The zero-order valence-electron chi connectivity index (χ0n) is 9.93. The van der Waals surface area contributed by atoms with Gasteiger partial charge in [0.05, 0.1) is 6.61 Å². The molecule has 15 heavy (non-hydrogen) atoms. The first-order chi connectivity index (χ1) is 7.08. The third kappa shape index (κ3) is 4.08. The molecule has 1 aliphatic rings. The molecule has 88 valence electrons. The van der Waals surface area contributed by atoms with Crippen molar-refractivity contribution in [3.63, 3.8) is 0 Å². The molecular weight excluding hydrogens is 192 g/mol. The van der Waals surface area contributed by atoms with Gasteiger partial charge < -0.3 is 15.4 Å². The molecule has 0 aliphatic heterocycles. The number of amides is 1. The van der Waals surface area contributed by atoms with Gasteiger partial charge in [0, 0.05) is 19.1 Å². The van der Waals surface area contributed by atoms with Crippen molar-refractivity contribution in [2.75, 3.05) is 19.7 Å². The molecule has 0 heterocycles. The van der Waals surface area contributed by atoms with Crippen LogP contribution in [-0.2, 0) is 4.74 Å². The highest BCUT2D eigenvalue weighted by molar-refractivity contribution is 5.66. The van der Waals surface area contributed by atoms with E-state index in [9.17, 15) is 4.79 Å². The molecule has 0 aromatic carbocycles. The van der Waals surface area contributed by atoms with Crippen molar-refractivity contribution in [2.45, 2.75) is 39.7 Å². The molecule has 1 rings (SSSR count). The van der Waals surface area contributed by atoms with Crippen LogP contribution in [0.1, 0.15) is 33.6 Å². The van der Waals surface area contributed by atoms with Crippen LogP contribution in [0.25, 0.3) is 0 Å². The van der Waals surface area contributed by atoms with Crippen molar-refractivity contribution in [1.29, 1.82) is 0 Å². The third-order valence-corrected chi connectivity index (χ3v) is 3.20. The lowest BCUT2D eigenvalue weighted by Crippen LogP contribution is -2.39. The van der Waals surface area contributed by atoms with Crippen LogP contribution in [0.2, 0.25) is 0 Å². The van der Waals surface area contributed by atoms with Gasteiger partial charge in [-0.15, -0.1) is 0 Å². The largest absolute Gasteiger partial charge is 0.450 e. The zero-order chi connectivity index (χ0) is 11.3. The summed E-state index contributed by atoms with van der Waals surface area (Å²) in [6.45, 7) is 8.15. The molecule has 0 spiro atoms. The van der Waals surface area contributed by atoms with Crippen molar-refractivity contribution in [1.82, 2.24) is 10.6 Å². The molecule has 0 aromatic rings. The fourth-order valence-electron chi connectivity index (χ4n) is 1.51.